The van der Waals surface area contributed by atoms with Gasteiger partial charge >= 0.3 is 0 Å². The second-order valence-corrected chi connectivity index (χ2v) is 4.26. The Balaban J connectivity index is 2.12. The summed E-state index contributed by atoms with van der Waals surface area (Å²) in [7, 11) is 0. The largest absolute Gasteiger partial charge is 0.261 e. The molecule has 3 rings (SSSR count). The molecule has 0 aliphatic rings. The Morgan fingerprint density at radius 1 is 0.842 bits per heavy atom. The molecule has 0 radical (unpaired) electrons. The van der Waals surface area contributed by atoms with Crippen LogP contribution in [0, 0.1) is 0 Å². The number of pyridine rings is 2. The van der Waals surface area contributed by atoms with Crippen molar-refractivity contribution in [3.05, 3.63) is 60.3 Å². The predicted molar refractivity (Wildman–Crippen MR) is 73.5 cm³/mol. The average Bonchev–Trinajstić information content (AvgIpc) is 2.48. The van der Waals surface area contributed by atoms with Gasteiger partial charge < -0.3 is 0 Å². The fourth-order valence-electron chi connectivity index (χ4n) is 1.74. The molecule has 0 aliphatic heterocycles. The highest BCUT2D eigenvalue weighted by atomic mass is 35.5. The standard InChI is InChI=1S/C14H9ClN4/c15-14-8-10(13-9-16-5-6-18-13)7-12(19-14)11-3-1-2-4-17-11/h1-9H. The SMILES string of the molecule is Clc1cc(-c2cnccn2)cc(-c2ccccn2)n1. The summed E-state index contributed by atoms with van der Waals surface area (Å²) in [4.78, 5) is 16.9. The Morgan fingerprint density at radius 3 is 2.47 bits per heavy atom. The summed E-state index contributed by atoms with van der Waals surface area (Å²) in [6.07, 6.45) is 6.68. The molecule has 0 saturated carbocycles. The van der Waals surface area contributed by atoms with Crippen LogP contribution < -0.4 is 0 Å². The van der Waals surface area contributed by atoms with Crippen LogP contribution >= 0.6 is 11.6 Å². The second-order valence-electron chi connectivity index (χ2n) is 3.87. The van der Waals surface area contributed by atoms with Gasteiger partial charge in [-0.25, -0.2) is 4.98 Å². The van der Waals surface area contributed by atoms with E-state index in [0.29, 0.717) is 10.8 Å². The van der Waals surface area contributed by atoms with Gasteiger partial charge in [-0.15, -0.1) is 0 Å². The molecule has 0 amide bonds. The van der Waals surface area contributed by atoms with Crippen LogP contribution in [0.15, 0.2) is 55.1 Å². The Bertz CT molecular complexity index is 629. The monoisotopic (exact) mass is 268 g/mol. The Kier molecular flexibility index (Phi) is 3.16. The predicted octanol–water partition coefficient (Wildman–Crippen LogP) is 3.25. The van der Waals surface area contributed by atoms with E-state index < -0.39 is 0 Å². The van der Waals surface area contributed by atoms with Crippen LogP contribution in [-0.4, -0.2) is 19.9 Å². The minimum Gasteiger partial charge on any atom is -0.261 e. The van der Waals surface area contributed by atoms with Gasteiger partial charge in [0, 0.05) is 24.2 Å². The molecule has 0 spiro atoms. The van der Waals surface area contributed by atoms with E-state index in [1.807, 2.05) is 24.3 Å². The van der Waals surface area contributed by atoms with Crippen molar-refractivity contribution in [2.24, 2.45) is 0 Å². The summed E-state index contributed by atoms with van der Waals surface area (Å²) >= 11 is 6.06. The van der Waals surface area contributed by atoms with Crippen LogP contribution in [0.2, 0.25) is 5.15 Å². The highest BCUT2D eigenvalue weighted by molar-refractivity contribution is 6.29. The zero-order valence-electron chi connectivity index (χ0n) is 9.86. The molecular weight excluding hydrogens is 260 g/mol. The lowest BCUT2D eigenvalue weighted by atomic mass is 10.1. The minimum absolute atomic E-state index is 0.406. The molecule has 0 atom stereocenters. The van der Waals surface area contributed by atoms with Crippen LogP contribution in [0.25, 0.3) is 22.6 Å². The van der Waals surface area contributed by atoms with Crippen molar-refractivity contribution in [3.8, 4) is 22.6 Å². The highest BCUT2D eigenvalue weighted by Gasteiger charge is 2.07. The topological polar surface area (TPSA) is 51.6 Å². The maximum atomic E-state index is 6.06. The Hall–Kier alpha value is -2.33. The Labute approximate surface area is 115 Å². The minimum atomic E-state index is 0.406. The smallest absolute Gasteiger partial charge is 0.130 e. The summed E-state index contributed by atoms with van der Waals surface area (Å²) in [6.45, 7) is 0. The molecule has 3 heterocycles. The second kappa shape index (κ2) is 5.12. The first kappa shape index (κ1) is 11.7. The van der Waals surface area contributed by atoms with Gasteiger partial charge in [0.2, 0.25) is 0 Å². The molecule has 5 heteroatoms. The molecule has 4 nitrogen and oxygen atoms in total. The normalized spacial score (nSPS) is 10.4. The van der Waals surface area contributed by atoms with Gasteiger partial charge in [0.15, 0.2) is 0 Å². The van der Waals surface area contributed by atoms with Crippen molar-refractivity contribution in [1.29, 1.82) is 0 Å². The number of halogens is 1. The fourth-order valence-corrected chi connectivity index (χ4v) is 1.95. The van der Waals surface area contributed by atoms with Crippen molar-refractivity contribution in [3.63, 3.8) is 0 Å². The maximum absolute atomic E-state index is 6.06. The molecule has 3 aromatic heterocycles. The summed E-state index contributed by atoms with van der Waals surface area (Å²) < 4.78 is 0. The molecule has 0 aliphatic carbocycles. The molecule has 0 unspecified atom stereocenters. The van der Waals surface area contributed by atoms with Crippen LogP contribution in [-0.2, 0) is 0 Å². The summed E-state index contributed by atoms with van der Waals surface area (Å²) in [5.41, 5.74) is 3.11. The number of rotatable bonds is 2. The van der Waals surface area contributed by atoms with Crippen LogP contribution in [0.4, 0.5) is 0 Å². The van der Waals surface area contributed by atoms with Gasteiger partial charge in [0.25, 0.3) is 0 Å². The lowest BCUT2D eigenvalue weighted by Gasteiger charge is -2.04. The summed E-state index contributed by atoms with van der Waals surface area (Å²) in [5, 5.41) is 0.406. The van der Waals surface area contributed by atoms with Gasteiger partial charge in [0.05, 0.1) is 23.3 Å². The quantitative estimate of drug-likeness (QED) is 0.670. The lowest BCUT2D eigenvalue weighted by molar-refractivity contribution is 1.19. The van der Waals surface area contributed by atoms with Gasteiger partial charge in [-0.1, -0.05) is 17.7 Å². The molecule has 92 valence electrons. The average molecular weight is 269 g/mol. The first-order valence-corrected chi connectivity index (χ1v) is 6.06. The lowest BCUT2D eigenvalue weighted by Crippen LogP contribution is -1.91. The van der Waals surface area contributed by atoms with Crippen LogP contribution in [0.5, 0.6) is 0 Å². The van der Waals surface area contributed by atoms with Gasteiger partial charge in [-0.05, 0) is 24.3 Å². The van der Waals surface area contributed by atoms with E-state index in [1.165, 1.54) is 0 Å². The van der Waals surface area contributed by atoms with Gasteiger partial charge in [0.1, 0.15) is 5.15 Å². The molecule has 0 fully saturated rings. The maximum Gasteiger partial charge on any atom is 0.130 e. The first-order valence-electron chi connectivity index (χ1n) is 5.68. The van der Waals surface area contributed by atoms with E-state index in [9.17, 15) is 0 Å². The summed E-state index contributed by atoms with van der Waals surface area (Å²) in [6, 6.07) is 9.32. The number of hydrogen-bond acceptors (Lipinski definition) is 4. The number of nitrogens with zero attached hydrogens (tertiary/aromatic N) is 4. The summed E-state index contributed by atoms with van der Waals surface area (Å²) in [5.74, 6) is 0. The van der Waals surface area contributed by atoms with E-state index in [0.717, 1.165) is 17.0 Å². The number of hydrogen-bond donors (Lipinski definition) is 0. The van der Waals surface area contributed by atoms with Crippen molar-refractivity contribution in [2.45, 2.75) is 0 Å². The zero-order chi connectivity index (χ0) is 13.1. The molecule has 0 saturated heterocycles. The third-order valence-corrected chi connectivity index (χ3v) is 2.77. The van der Waals surface area contributed by atoms with E-state index >= 15 is 0 Å². The third-order valence-electron chi connectivity index (χ3n) is 2.58. The Morgan fingerprint density at radius 2 is 1.74 bits per heavy atom. The molecule has 19 heavy (non-hydrogen) atoms. The molecular formula is C14H9ClN4. The third kappa shape index (κ3) is 2.58. The molecule has 0 aromatic carbocycles. The van der Waals surface area contributed by atoms with Crippen molar-refractivity contribution in [1.82, 2.24) is 19.9 Å². The molecule has 0 bridgehead atoms. The molecule has 3 aromatic rings. The van der Waals surface area contributed by atoms with Crippen molar-refractivity contribution in [2.75, 3.05) is 0 Å². The van der Waals surface area contributed by atoms with Crippen LogP contribution in [0.1, 0.15) is 0 Å². The fraction of sp³-hybridized carbons (Fsp3) is 0. The van der Waals surface area contributed by atoms with E-state index in [4.69, 9.17) is 11.6 Å². The molecule has 0 N–H and O–H groups in total. The van der Waals surface area contributed by atoms with Gasteiger partial charge in [-0.2, -0.15) is 0 Å². The first-order chi connectivity index (χ1) is 9.33. The van der Waals surface area contributed by atoms with E-state index in [-0.39, 0.29) is 0 Å². The van der Waals surface area contributed by atoms with Crippen molar-refractivity contribution >= 4 is 11.6 Å². The van der Waals surface area contributed by atoms with E-state index in [1.54, 1.807) is 30.9 Å². The van der Waals surface area contributed by atoms with Crippen molar-refractivity contribution < 1.29 is 0 Å². The highest BCUT2D eigenvalue weighted by Crippen LogP contribution is 2.24. The van der Waals surface area contributed by atoms with E-state index in [2.05, 4.69) is 19.9 Å². The van der Waals surface area contributed by atoms with Gasteiger partial charge in [-0.3, -0.25) is 15.0 Å². The zero-order valence-corrected chi connectivity index (χ0v) is 10.6. The van der Waals surface area contributed by atoms with Crippen LogP contribution in [0.3, 0.4) is 0 Å². The number of aromatic nitrogens is 4.